The highest BCUT2D eigenvalue weighted by atomic mass is 32.1. The summed E-state index contributed by atoms with van der Waals surface area (Å²) in [5, 5.41) is 12.8. The molecule has 0 aliphatic heterocycles. The number of hydrogen-bond donors (Lipinski definition) is 0. The summed E-state index contributed by atoms with van der Waals surface area (Å²) in [6.07, 6.45) is 0. The number of benzene rings is 12. The maximum Gasteiger partial charge on any atom is 0.0541 e. The Morgan fingerprint density at radius 3 is 1.42 bits per heavy atom. The monoisotopic (exact) mass is 894 g/mol. The fourth-order valence-electron chi connectivity index (χ4n) is 11.0. The first-order valence-corrected chi connectivity index (χ1v) is 24.5. The first kappa shape index (κ1) is 39.4. The highest BCUT2D eigenvalue weighted by molar-refractivity contribution is 7.25. The number of aromatic nitrogens is 1. The van der Waals surface area contributed by atoms with Crippen LogP contribution >= 0.6 is 11.3 Å². The smallest absolute Gasteiger partial charge is 0.0541 e. The predicted octanol–water partition coefficient (Wildman–Crippen LogP) is 19.1. The van der Waals surface area contributed by atoms with Gasteiger partial charge < -0.3 is 9.47 Å². The molecule has 0 unspecified atom stereocenters. The molecule has 0 fully saturated rings. The van der Waals surface area contributed by atoms with Crippen molar-refractivity contribution in [3.63, 3.8) is 0 Å². The van der Waals surface area contributed by atoms with Crippen molar-refractivity contribution in [2.24, 2.45) is 0 Å². The Kier molecular flexibility index (Phi) is 9.11. The van der Waals surface area contributed by atoms with Crippen molar-refractivity contribution in [1.29, 1.82) is 0 Å². The van der Waals surface area contributed by atoms with Gasteiger partial charge in [0.05, 0.1) is 11.0 Å². The molecule has 0 amide bonds. The molecular formula is C66H42N2S. The quantitative estimate of drug-likeness (QED) is 0.145. The van der Waals surface area contributed by atoms with Crippen LogP contribution in [0.1, 0.15) is 0 Å². The zero-order valence-corrected chi connectivity index (χ0v) is 38.4. The maximum absolute atomic E-state index is 2.44. The first-order valence-electron chi connectivity index (χ1n) is 23.7. The van der Waals surface area contributed by atoms with Crippen molar-refractivity contribution in [3.8, 4) is 39.1 Å². The van der Waals surface area contributed by atoms with Crippen LogP contribution in [0.15, 0.2) is 255 Å². The van der Waals surface area contributed by atoms with Gasteiger partial charge in [-0.1, -0.05) is 176 Å². The molecule has 2 heterocycles. The lowest BCUT2D eigenvalue weighted by Gasteiger charge is -2.26. The summed E-state index contributed by atoms with van der Waals surface area (Å²) in [6.45, 7) is 0. The second-order valence-corrected chi connectivity index (χ2v) is 19.1. The normalized spacial score (nSPS) is 11.8. The molecule has 0 aliphatic rings. The fraction of sp³-hybridized carbons (Fsp3) is 0. The summed E-state index contributed by atoms with van der Waals surface area (Å²) in [6, 6.07) is 93.6. The molecule has 12 aromatic carbocycles. The third-order valence-corrected chi connectivity index (χ3v) is 15.3. The van der Waals surface area contributed by atoms with Gasteiger partial charge in [-0.3, -0.25) is 0 Å². The third kappa shape index (κ3) is 6.47. The van der Waals surface area contributed by atoms with Crippen LogP contribution in [0, 0.1) is 0 Å². The molecule has 3 heteroatoms. The molecule has 69 heavy (non-hydrogen) atoms. The van der Waals surface area contributed by atoms with Crippen molar-refractivity contribution < 1.29 is 0 Å². The summed E-state index contributed by atoms with van der Waals surface area (Å²) in [5.74, 6) is 0. The van der Waals surface area contributed by atoms with Crippen molar-refractivity contribution in [3.05, 3.63) is 255 Å². The van der Waals surface area contributed by atoms with Crippen LogP contribution in [0.25, 0.3) is 113 Å². The first-order chi connectivity index (χ1) is 34.2. The van der Waals surface area contributed by atoms with E-state index in [0.717, 1.165) is 22.7 Å². The minimum absolute atomic E-state index is 1.10. The molecule has 0 aliphatic carbocycles. The average molecular weight is 895 g/mol. The van der Waals surface area contributed by atoms with Crippen LogP contribution in [0.4, 0.5) is 17.1 Å². The van der Waals surface area contributed by atoms with E-state index in [9.17, 15) is 0 Å². The van der Waals surface area contributed by atoms with Crippen molar-refractivity contribution in [2.45, 2.75) is 0 Å². The van der Waals surface area contributed by atoms with Gasteiger partial charge in [-0.15, -0.1) is 11.3 Å². The summed E-state index contributed by atoms with van der Waals surface area (Å²) in [7, 11) is 0. The topological polar surface area (TPSA) is 8.17 Å². The number of hydrogen-bond acceptors (Lipinski definition) is 2. The van der Waals surface area contributed by atoms with E-state index in [1.54, 1.807) is 0 Å². The van der Waals surface area contributed by atoms with Crippen LogP contribution in [-0.2, 0) is 0 Å². The third-order valence-electron chi connectivity index (χ3n) is 14.2. The van der Waals surface area contributed by atoms with Gasteiger partial charge >= 0.3 is 0 Å². The van der Waals surface area contributed by atoms with Crippen LogP contribution in [0.2, 0.25) is 0 Å². The highest BCUT2D eigenvalue weighted by Crippen LogP contribution is 2.44. The minimum atomic E-state index is 1.10. The Balaban J connectivity index is 0.852. The highest BCUT2D eigenvalue weighted by Gasteiger charge is 2.18. The zero-order chi connectivity index (χ0) is 45.4. The molecule has 0 radical (unpaired) electrons. The second kappa shape index (κ2) is 16.0. The van der Waals surface area contributed by atoms with E-state index in [1.807, 2.05) is 11.3 Å². The lowest BCUT2D eigenvalue weighted by atomic mass is 9.94. The maximum atomic E-state index is 2.44. The van der Waals surface area contributed by atoms with E-state index >= 15 is 0 Å². The zero-order valence-electron chi connectivity index (χ0n) is 37.6. The van der Waals surface area contributed by atoms with Crippen LogP contribution in [-0.4, -0.2) is 4.57 Å². The lowest BCUT2D eigenvalue weighted by molar-refractivity contribution is 1.19. The van der Waals surface area contributed by atoms with Crippen LogP contribution < -0.4 is 4.90 Å². The Morgan fingerprint density at radius 1 is 0.275 bits per heavy atom. The van der Waals surface area contributed by atoms with Gasteiger partial charge in [0.15, 0.2) is 0 Å². The van der Waals surface area contributed by atoms with E-state index in [1.165, 1.54) is 108 Å². The summed E-state index contributed by atoms with van der Waals surface area (Å²) in [5.41, 5.74) is 14.1. The SMILES string of the molecule is c1ccc(-c2ccc(N(c3ccc(-c4ccc5c(c4)c4ccccc4n5-c4ccc5c6ccccc6c6ccccc6c5c4)cc3)c3ccc(-c4cccc5sc6ccccc6c45)cc3)cc2)cc1. The largest absolute Gasteiger partial charge is 0.311 e. The molecule has 0 N–H and O–H groups in total. The molecule has 0 bridgehead atoms. The van der Waals surface area contributed by atoms with Gasteiger partial charge in [-0.25, -0.2) is 0 Å². The van der Waals surface area contributed by atoms with E-state index in [2.05, 4.69) is 264 Å². The molecule has 2 nitrogen and oxygen atoms in total. The van der Waals surface area contributed by atoms with Gasteiger partial charge in [0.1, 0.15) is 0 Å². The molecule has 0 saturated carbocycles. The van der Waals surface area contributed by atoms with E-state index < -0.39 is 0 Å². The van der Waals surface area contributed by atoms with Crippen molar-refractivity contribution >= 4 is 103 Å². The number of anilines is 3. The molecule has 14 rings (SSSR count). The molecule has 0 atom stereocenters. The van der Waals surface area contributed by atoms with E-state index in [4.69, 9.17) is 0 Å². The van der Waals surface area contributed by atoms with Gasteiger partial charge in [0.25, 0.3) is 0 Å². The summed E-state index contributed by atoms with van der Waals surface area (Å²) < 4.78 is 5.08. The molecule has 14 aromatic rings. The predicted molar refractivity (Wildman–Crippen MR) is 297 cm³/mol. The molecule has 2 aromatic heterocycles. The number of thiophene rings is 1. The summed E-state index contributed by atoms with van der Waals surface area (Å²) in [4.78, 5) is 2.37. The molecule has 0 spiro atoms. The average Bonchev–Trinajstić information content (AvgIpc) is 3.98. The van der Waals surface area contributed by atoms with Gasteiger partial charge in [-0.2, -0.15) is 0 Å². The van der Waals surface area contributed by atoms with Gasteiger partial charge in [0, 0.05) is 53.7 Å². The Morgan fingerprint density at radius 2 is 0.754 bits per heavy atom. The fourth-order valence-corrected chi connectivity index (χ4v) is 12.1. The Labute approximate surface area is 403 Å². The Bertz CT molecular complexity index is 4240. The number of rotatable bonds is 7. The number of fused-ring (bicyclic) bond motifs is 12. The molecule has 322 valence electrons. The van der Waals surface area contributed by atoms with E-state index in [0.29, 0.717) is 0 Å². The van der Waals surface area contributed by atoms with Crippen LogP contribution in [0.3, 0.4) is 0 Å². The van der Waals surface area contributed by atoms with Gasteiger partial charge in [-0.05, 0) is 145 Å². The van der Waals surface area contributed by atoms with Crippen molar-refractivity contribution in [1.82, 2.24) is 4.57 Å². The standard InChI is InChI=1S/C66H42N2S/c1-2-13-43(14-3-1)44-25-32-48(33-26-44)67(50-36-29-46(30-37-50)52-21-12-24-65-66(52)59-20-9-11-23-64(59)69-65)49-34-27-45(28-35-49)47-31-40-63-61(41-47)58-19-8-10-22-62(58)68(63)51-38-39-57-55-17-5-4-15-53(55)54-16-6-7-18-56(54)60(57)42-51/h1-42H. The molecular weight excluding hydrogens is 853 g/mol. The minimum Gasteiger partial charge on any atom is -0.311 e. The Hall–Kier alpha value is -8.76. The number of para-hydroxylation sites is 1. The molecule has 0 saturated heterocycles. The summed E-state index contributed by atoms with van der Waals surface area (Å²) >= 11 is 1.86. The van der Waals surface area contributed by atoms with Crippen LogP contribution in [0.5, 0.6) is 0 Å². The van der Waals surface area contributed by atoms with E-state index in [-0.39, 0.29) is 0 Å². The van der Waals surface area contributed by atoms with Gasteiger partial charge in [0.2, 0.25) is 0 Å². The van der Waals surface area contributed by atoms with Crippen molar-refractivity contribution in [2.75, 3.05) is 4.90 Å². The second-order valence-electron chi connectivity index (χ2n) is 18.0. The lowest BCUT2D eigenvalue weighted by Crippen LogP contribution is -2.09. The number of nitrogens with zero attached hydrogens (tertiary/aromatic N) is 2.